The minimum absolute atomic E-state index is 0.0407. The number of carbonyl (C=O) groups is 4. The lowest BCUT2D eigenvalue weighted by molar-refractivity contribution is -0.138. The van der Waals surface area contributed by atoms with Crippen molar-refractivity contribution in [3.8, 4) is 0 Å². The molecule has 3 aromatic rings. The molecule has 3 atom stereocenters. The molecule has 2 aromatic carbocycles. The fourth-order valence-electron chi connectivity index (χ4n) is 6.55. The van der Waals surface area contributed by atoms with Gasteiger partial charge in [0.15, 0.2) is 0 Å². The van der Waals surface area contributed by atoms with Crippen LogP contribution in [0.2, 0.25) is 0 Å². The molecule has 3 N–H and O–H groups in total. The molecular formula is C38H46F2N6O5. The Labute approximate surface area is 296 Å². The van der Waals surface area contributed by atoms with Crippen LogP contribution >= 0.6 is 0 Å². The smallest absolute Gasteiger partial charge is 0.290 e. The first-order valence-corrected chi connectivity index (χ1v) is 17.2. The van der Waals surface area contributed by atoms with Crippen LogP contribution in [0.4, 0.5) is 14.5 Å². The molecule has 2 aliphatic heterocycles. The molecule has 3 fully saturated rings. The van der Waals surface area contributed by atoms with Crippen molar-refractivity contribution in [3.63, 3.8) is 0 Å². The first-order valence-electron chi connectivity index (χ1n) is 17.2. The van der Waals surface area contributed by atoms with E-state index < -0.39 is 48.3 Å². The second kappa shape index (κ2) is 16.0. The molecule has 0 bridgehead atoms. The number of carboxylic acid groups (broad SMARTS) is 1. The molecule has 2 saturated heterocycles. The number of benzene rings is 2. The number of alkyl halides is 1. The Morgan fingerprint density at radius 1 is 1.10 bits per heavy atom. The van der Waals surface area contributed by atoms with Gasteiger partial charge in [0.1, 0.15) is 23.7 Å². The summed E-state index contributed by atoms with van der Waals surface area (Å²) in [5, 5.41) is 13.0. The van der Waals surface area contributed by atoms with E-state index in [-0.39, 0.29) is 30.7 Å². The van der Waals surface area contributed by atoms with Crippen molar-refractivity contribution in [2.75, 3.05) is 44.7 Å². The first-order chi connectivity index (χ1) is 24.3. The van der Waals surface area contributed by atoms with E-state index in [9.17, 15) is 23.2 Å². The molecule has 3 heterocycles. The maximum atomic E-state index is 14.7. The van der Waals surface area contributed by atoms with Crippen molar-refractivity contribution < 1.29 is 33.1 Å². The zero-order chi connectivity index (χ0) is 36.9. The van der Waals surface area contributed by atoms with Crippen molar-refractivity contribution >= 4 is 46.9 Å². The van der Waals surface area contributed by atoms with Crippen molar-refractivity contribution in [3.05, 3.63) is 77.2 Å². The van der Waals surface area contributed by atoms with E-state index in [0.717, 1.165) is 36.4 Å². The fraction of sp³-hybridized carbons (Fsp3) is 0.447. The van der Waals surface area contributed by atoms with Crippen LogP contribution in [0.1, 0.15) is 67.7 Å². The number of nitrogens with one attached hydrogen (secondary N) is 2. The van der Waals surface area contributed by atoms with Crippen molar-refractivity contribution in [1.82, 2.24) is 25.4 Å². The Morgan fingerprint density at radius 2 is 1.84 bits per heavy atom. The van der Waals surface area contributed by atoms with Crippen LogP contribution in [-0.2, 0) is 14.4 Å². The number of amides is 3. The molecule has 6 rings (SSSR count). The highest BCUT2D eigenvalue weighted by molar-refractivity contribution is 5.97. The average molecular weight is 705 g/mol. The molecule has 1 saturated carbocycles. The number of rotatable bonds is 9. The molecule has 11 nitrogen and oxygen atoms in total. The highest BCUT2D eigenvalue weighted by Crippen LogP contribution is 2.34. The Morgan fingerprint density at radius 3 is 2.55 bits per heavy atom. The zero-order valence-electron chi connectivity index (χ0n) is 29.4. The summed E-state index contributed by atoms with van der Waals surface area (Å²) < 4.78 is 28.2. The summed E-state index contributed by atoms with van der Waals surface area (Å²) >= 11 is 0. The first kappa shape index (κ1) is 37.3. The lowest BCUT2D eigenvalue weighted by Crippen LogP contribution is -2.57. The molecular weight excluding hydrogens is 658 g/mol. The lowest BCUT2D eigenvalue weighted by Gasteiger charge is -2.46. The normalized spacial score (nSPS) is 20.8. The topological polar surface area (TPSA) is 135 Å². The zero-order valence-corrected chi connectivity index (χ0v) is 29.4. The second-order valence-corrected chi connectivity index (χ2v) is 14.1. The van der Waals surface area contributed by atoms with Gasteiger partial charge >= 0.3 is 0 Å². The van der Waals surface area contributed by atoms with Crippen LogP contribution < -0.4 is 15.5 Å². The van der Waals surface area contributed by atoms with Gasteiger partial charge in [-0.15, -0.1) is 0 Å². The molecule has 0 radical (unpaired) electrons. The van der Waals surface area contributed by atoms with Crippen molar-refractivity contribution in [2.24, 2.45) is 5.92 Å². The summed E-state index contributed by atoms with van der Waals surface area (Å²) in [5.41, 5.74) is 3.65. The third kappa shape index (κ3) is 9.26. The van der Waals surface area contributed by atoms with Gasteiger partial charge in [0.25, 0.3) is 12.4 Å². The van der Waals surface area contributed by atoms with Crippen LogP contribution in [-0.4, -0.2) is 102 Å². The monoisotopic (exact) mass is 704 g/mol. The molecule has 13 heteroatoms. The molecule has 51 heavy (non-hydrogen) atoms. The summed E-state index contributed by atoms with van der Waals surface area (Å²) in [6.45, 7) is 8.29. The summed E-state index contributed by atoms with van der Waals surface area (Å²) in [4.78, 5) is 58.1. The Bertz CT molecular complexity index is 1800. The number of hydrogen-bond acceptors (Lipinski definition) is 7. The number of carbonyl (C=O) groups excluding carboxylic acids is 3. The number of hydrogen-bond donors (Lipinski definition) is 3. The quantitative estimate of drug-likeness (QED) is 0.276. The van der Waals surface area contributed by atoms with E-state index >= 15 is 0 Å². The van der Waals surface area contributed by atoms with Gasteiger partial charge in [-0.25, -0.2) is 13.8 Å². The van der Waals surface area contributed by atoms with E-state index in [1.807, 2.05) is 6.92 Å². The number of allylic oxidation sites excluding steroid dienone is 1. The van der Waals surface area contributed by atoms with Gasteiger partial charge in [-0.3, -0.25) is 24.1 Å². The summed E-state index contributed by atoms with van der Waals surface area (Å²) in [6, 6.07) is 12.0. The predicted molar refractivity (Wildman–Crippen MR) is 191 cm³/mol. The second-order valence-electron chi connectivity index (χ2n) is 14.1. The minimum atomic E-state index is -1.36. The number of piperazine rings is 1. The number of likely N-dealkylation sites (tertiary alicyclic amines) is 1. The number of halogens is 2. The maximum Gasteiger partial charge on any atom is 0.290 e. The van der Waals surface area contributed by atoms with Crippen LogP contribution in [0.25, 0.3) is 17.0 Å². The number of aromatic nitrogens is 1. The van der Waals surface area contributed by atoms with E-state index in [1.54, 1.807) is 6.07 Å². The number of fused-ring (bicyclic) bond motifs is 1. The van der Waals surface area contributed by atoms with E-state index in [1.165, 1.54) is 42.0 Å². The lowest BCUT2D eigenvalue weighted by atomic mass is 9.96. The van der Waals surface area contributed by atoms with Crippen LogP contribution in [0.15, 0.2) is 54.6 Å². The molecule has 3 aliphatic rings. The molecule has 272 valence electrons. The summed E-state index contributed by atoms with van der Waals surface area (Å²) in [5.74, 6) is -1.43. The van der Waals surface area contributed by atoms with Gasteiger partial charge in [-0.05, 0) is 94.1 Å². The number of anilines is 1. The predicted octanol–water partition coefficient (Wildman–Crippen LogP) is 4.57. The molecule has 0 spiro atoms. The number of nitrogens with zero attached hydrogens (tertiary/aromatic N) is 4. The molecule has 1 aromatic heterocycles. The van der Waals surface area contributed by atoms with E-state index in [2.05, 4.69) is 76.7 Å². The van der Waals surface area contributed by atoms with Gasteiger partial charge in [0.05, 0.1) is 24.6 Å². The maximum absolute atomic E-state index is 14.7. The summed E-state index contributed by atoms with van der Waals surface area (Å²) in [7, 11) is 2.16. The van der Waals surface area contributed by atoms with Crippen molar-refractivity contribution in [1.29, 1.82) is 0 Å². The molecule has 3 amide bonds. The Balaban J connectivity index is 0.00000162. The Kier molecular flexibility index (Phi) is 11.7. The molecule has 0 unspecified atom stereocenters. The molecule has 1 aliphatic carbocycles. The van der Waals surface area contributed by atoms with E-state index in [0.29, 0.717) is 16.8 Å². The van der Waals surface area contributed by atoms with Crippen LogP contribution in [0.5, 0.6) is 0 Å². The standard InChI is InChI=1S/C37H44F2N6O3.CH2O2/c1-23(30-12-11-29(18-25(30)8-7-24-5-6-24)44-16-15-43(4)37(2,3)22-44)41-36(48)33-19-28(39)21-45(33)34(46)20-40-35(47)32-13-9-26-17-27(38)10-14-31(26)42-32;2-1-3/h7-14,17-18,23-24,28,33H,5-6,15-16,19-22H2,1-4H3,(H,40,47)(H,41,48);1H,(H,2,3)/b8-7+;/t23-,28+,33-;/m0./s1. The van der Waals surface area contributed by atoms with Gasteiger partial charge < -0.3 is 25.5 Å². The third-order valence-corrected chi connectivity index (χ3v) is 9.90. The Hall–Kier alpha value is -4.91. The summed E-state index contributed by atoms with van der Waals surface area (Å²) in [6.07, 6.45) is 5.27. The van der Waals surface area contributed by atoms with Gasteiger partial charge in [-0.1, -0.05) is 24.3 Å². The van der Waals surface area contributed by atoms with Gasteiger partial charge in [-0.2, -0.15) is 0 Å². The minimum Gasteiger partial charge on any atom is -0.483 e. The highest BCUT2D eigenvalue weighted by Gasteiger charge is 2.40. The highest BCUT2D eigenvalue weighted by atomic mass is 19.1. The third-order valence-electron chi connectivity index (χ3n) is 9.90. The number of likely N-dealkylation sites (N-methyl/N-ethyl adjacent to an activating group) is 1. The largest absolute Gasteiger partial charge is 0.483 e. The number of pyridine rings is 1. The van der Waals surface area contributed by atoms with Crippen molar-refractivity contribution in [2.45, 2.75) is 63.8 Å². The SMILES string of the molecule is C[C@H](NC(=O)[C@@H]1C[C@@H](F)CN1C(=O)CNC(=O)c1ccc2cc(F)ccc2n1)c1ccc(N2CCN(C)C(C)(C)C2)cc1/C=C/C1CC1.O=CO. The van der Waals surface area contributed by atoms with Gasteiger partial charge in [0, 0.05) is 42.7 Å². The van der Waals surface area contributed by atoms with Crippen LogP contribution in [0, 0.1) is 11.7 Å². The fourth-order valence-corrected chi connectivity index (χ4v) is 6.55. The van der Waals surface area contributed by atoms with Gasteiger partial charge in [0.2, 0.25) is 11.8 Å². The average Bonchev–Trinajstić information content (AvgIpc) is 3.85. The van der Waals surface area contributed by atoms with Crippen LogP contribution in [0.3, 0.4) is 0 Å². The van der Waals surface area contributed by atoms with E-state index in [4.69, 9.17) is 9.90 Å².